The maximum absolute atomic E-state index is 10.7. The molecule has 0 saturated heterocycles. The van der Waals surface area contributed by atoms with Crippen molar-refractivity contribution in [3.8, 4) is 5.75 Å². The zero-order valence-corrected chi connectivity index (χ0v) is 8.64. The fourth-order valence-corrected chi connectivity index (χ4v) is 1.06. The Bertz CT molecular complexity index is 356. The number of carboxylic acids is 1. The highest BCUT2D eigenvalue weighted by Gasteiger charge is 2.02. The van der Waals surface area contributed by atoms with E-state index in [1.54, 1.807) is 18.4 Å². The van der Waals surface area contributed by atoms with E-state index in [9.17, 15) is 4.79 Å². The molecule has 0 spiro atoms. The number of unbranched alkanes of at least 4 members (excludes halogenated alkanes) is 1. The Labute approximate surface area is 89.0 Å². The lowest BCUT2D eigenvalue weighted by Gasteiger charge is -2.00. The summed E-state index contributed by atoms with van der Waals surface area (Å²) in [7, 11) is 0. The number of ether oxygens (including phenoxy) is 1. The highest BCUT2D eigenvalue weighted by molar-refractivity contribution is 5.87. The van der Waals surface area contributed by atoms with Crippen LogP contribution in [0.15, 0.2) is 36.6 Å². The molecule has 3 nitrogen and oxygen atoms in total. The molecule has 80 valence electrons. The van der Waals surface area contributed by atoms with Gasteiger partial charge in [-0.3, -0.25) is 0 Å². The first-order valence-corrected chi connectivity index (χ1v) is 4.89. The van der Waals surface area contributed by atoms with Crippen LogP contribution in [0.3, 0.4) is 0 Å². The molecule has 1 aromatic carbocycles. The first-order chi connectivity index (χ1) is 7.24. The van der Waals surface area contributed by atoms with E-state index in [0.29, 0.717) is 5.75 Å². The molecule has 0 bridgehead atoms. The topological polar surface area (TPSA) is 46.5 Å². The van der Waals surface area contributed by atoms with E-state index in [-0.39, 0.29) is 5.56 Å². The second kappa shape index (κ2) is 5.86. The third-order valence-corrected chi connectivity index (χ3v) is 1.84. The number of allylic oxidation sites excluding steroid dienone is 1. The van der Waals surface area contributed by atoms with Gasteiger partial charge in [0, 0.05) is 0 Å². The lowest BCUT2D eigenvalue weighted by molar-refractivity contribution is 0.0696. The van der Waals surface area contributed by atoms with Crippen LogP contribution in [-0.4, -0.2) is 11.1 Å². The Hall–Kier alpha value is -1.77. The second-order valence-electron chi connectivity index (χ2n) is 3.11. The van der Waals surface area contributed by atoms with Gasteiger partial charge in [0.15, 0.2) is 0 Å². The van der Waals surface area contributed by atoms with Gasteiger partial charge in [-0.25, -0.2) is 4.79 Å². The second-order valence-corrected chi connectivity index (χ2v) is 3.11. The summed E-state index contributed by atoms with van der Waals surface area (Å²) in [6.45, 7) is 2.08. The first kappa shape index (κ1) is 11.3. The fourth-order valence-electron chi connectivity index (χ4n) is 1.06. The summed E-state index contributed by atoms with van der Waals surface area (Å²) in [5.41, 5.74) is 0.233. The van der Waals surface area contributed by atoms with Crippen molar-refractivity contribution in [2.75, 3.05) is 0 Å². The molecule has 0 aliphatic heterocycles. The lowest BCUT2D eigenvalue weighted by Crippen LogP contribution is -1.95. The molecule has 1 aromatic rings. The van der Waals surface area contributed by atoms with Crippen molar-refractivity contribution in [1.29, 1.82) is 0 Å². The van der Waals surface area contributed by atoms with E-state index >= 15 is 0 Å². The smallest absolute Gasteiger partial charge is 0.335 e. The molecular weight excluding hydrogens is 192 g/mol. The summed E-state index contributed by atoms with van der Waals surface area (Å²) < 4.78 is 5.26. The average molecular weight is 206 g/mol. The van der Waals surface area contributed by atoms with Crippen LogP contribution in [0.5, 0.6) is 5.75 Å². The molecule has 0 radical (unpaired) electrons. The van der Waals surface area contributed by atoms with Crippen LogP contribution in [-0.2, 0) is 0 Å². The zero-order chi connectivity index (χ0) is 11.1. The lowest BCUT2D eigenvalue weighted by atomic mass is 10.2. The summed E-state index contributed by atoms with van der Waals surface area (Å²) >= 11 is 0. The molecule has 0 unspecified atom stereocenters. The number of benzene rings is 1. The third-order valence-electron chi connectivity index (χ3n) is 1.84. The minimum absolute atomic E-state index is 0.233. The summed E-state index contributed by atoms with van der Waals surface area (Å²) in [6.07, 6.45) is 5.52. The Morgan fingerprint density at radius 1 is 1.53 bits per heavy atom. The highest BCUT2D eigenvalue weighted by atomic mass is 16.5. The predicted molar refractivity (Wildman–Crippen MR) is 58.1 cm³/mol. The third kappa shape index (κ3) is 3.85. The Morgan fingerprint density at radius 3 is 3.00 bits per heavy atom. The van der Waals surface area contributed by atoms with Crippen LogP contribution in [0, 0.1) is 0 Å². The quantitative estimate of drug-likeness (QED) is 0.753. The van der Waals surface area contributed by atoms with Crippen LogP contribution in [0.4, 0.5) is 0 Å². The van der Waals surface area contributed by atoms with Gasteiger partial charge in [0.05, 0.1) is 11.8 Å². The molecule has 0 amide bonds. The molecule has 1 rings (SSSR count). The van der Waals surface area contributed by atoms with Gasteiger partial charge < -0.3 is 9.84 Å². The molecule has 0 atom stereocenters. The minimum atomic E-state index is -0.946. The molecule has 15 heavy (non-hydrogen) atoms. The van der Waals surface area contributed by atoms with Gasteiger partial charge in [0.1, 0.15) is 5.75 Å². The minimum Gasteiger partial charge on any atom is -0.478 e. The maximum atomic E-state index is 10.7. The Morgan fingerprint density at radius 2 is 2.33 bits per heavy atom. The van der Waals surface area contributed by atoms with E-state index in [4.69, 9.17) is 9.84 Å². The van der Waals surface area contributed by atoms with Crippen molar-refractivity contribution in [2.45, 2.75) is 19.8 Å². The first-order valence-electron chi connectivity index (χ1n) is 4.89. The van der Waals surface area contributed by atoms with Gasteiger partial charge in [-0.05, 0) is 30.7 Å². The molecular formula is C12H14O3. The number of rotatable bonds is 5. The van der Waals surface area contributed by atoms with Crippen LogP contribution >= 0.6 is 0 Å². The van der Waals surface area contributed by atoms with Gasteiger partial charge in [0.25, 0.3) is 0 Å². The number of carboxylic acid groups (broad SMARTS) is 1. The maximum Gasteiger partial charge on any atom is 0.335 e. The van der Waals surface area contributed by atoms with Crippen molar-refractivity contribution >= 4 is 5.97 Å². The van der Waals surface area contributed by atoms with Gasteiger partial charge in [0.2, 0.25) is 0 Å². The van der Waals surface area contributed by atoms with Crippen molar-refractivity contribution in [1.82, 2.24) is 0 Å². The van der Waals surface area contributed by atoms with Gasteiger partial charge in [-0.15, -0.1) is 0 Å². The summed E-state index contributed by atoms with van der Waals surface area (Å²) in [5.74, 6) is -0.403. The number of hydrogen-bond acceptors (Lipinski definition) is 2. The molecule has 0 saturated carbocycles. The highest BCUT2D eigenvalue weighted by Crippen LogP contribution is 2.13. The van der Waals surface area contributed by atoms with E-state index in [1.165, 1.54) is 12.1 Å². The van der Waals surface area contributed by atoms with Crippen molar-refractivity contribution < 1.29 is 14.6 Å². The van der Waals surface area contributed by atoms with Crippen molar-refractivity contribution in [3.05, 3.63) is 42.2 Å². The largest absolute Gasteiger partial charge is 0.478 e. The number of carbonyl (C=O) groups is 1. The van der Waals surface area contributed by atoms with Crippen LogP contribution in [0.25, 0.3) is 0 Å². The average Bonchev–Trinajstić information content (AvgIpc) is 2.25. The molecule has 0 fully saturated rings. The van der Waals surface area contributed by atoms with E-state index in [1.807, 2.05) is 6.08 Å². The molecule has 1 N–H and O–H groups in total. The Balaban J connectivity index is 2.61. The molecule has 0 heterocycles. The van der Waals surface area contributed by atoms with Crippen molar-refractivity contribution in [2.24, 2.45) is 0 Å². The van der Waals surface area contributed by atoms with E-state index in [0.717, 1.165) is 12.8 Å². The van der Waals surface area contributed by atoms with Crippen molar-refractivity contribution in [3.63, 3.8) is 0 Å². The monoisotopic (exact) mass is 206 g/mol. The summed E-state index contributed by atoms with van der Waals surface area (Å²) in [6, 6.07) is 6.42. The standard InChI is InChI=1S/C12H14O3/c1-2-3-4-8-15-11-7-5-6-10(9-11)12(13)14/h4-9H,2-3H2,1H3,(H,13,14). The fraction of sp³-hybridized carbons (Fsp3) is 0.250. The molecule has 0 aromatic heterocycles. The predicted octanol–water partition coefficient (Wildman–Crippen LogP) is 3.08. The normalized spacial score (nSPS) is 10.5. The molecule has 3 heteroatoms. The zero-order valence-electron chi connectivity index (χ0n) is 8.64. The Kier molecular flexibility index (Phi) is 4.41. The molecule has 0 aliphatic carbocycles. The van der Waals surface area contributed by atoms with Crippen LogP contribution in [0.1, 0.15) is 30.1 Å². The number of aromatic carboxylic acids is 1. The van der Waals surface area contributed by atoms with Gasteiger partial charge in [-0.2, -0.15) is 0 Å². The van der Waals surface area contributed by atoms with E-state index in [2.05, 4.69) is 6.92 Å². The SMILES string of the molecule is CCCC=COc1cccc(C(=O)O)c1. The van der Waals surface area contributed by atoms with Crippen LogP contribution < -0.4 is 4.74 Å². The van der Waals surface area contributed by atoms with Gasteiger partial charge >= 0.3 is 5.97 Å². The van der Waals surface area contributed by atoms with Gasteiger partial charge in [-0.1, -0.05) is 19.4 Å². The van der Waals surface area contributed by atoms with Crippen LogP contribution in [0.2, 0.25) is 0 Å². The summed E-state index contributed by atoms with van der Waals surface area (Å²) in [5, 5.41) is 8.75. The number of hydrogen-bond donors (Lipinski definition) is 1. The molecule has 0 aliphatic rings. The van der Waals surface area contributed by atoms with E-state index < -0.39 is 5.97 Å². The summed E-state index contributed by atoms with van der Waals surface area (Å²) in [4.78, 5) is 10.7.